The molecule has 35 heteroatoms. The number of rotatable bonds is 66. The van der Waals surface area contributed by atoms with E-state index in [4.69, 9.17) is 37.9 Å². The van der Waals surface area contributed by atoms with Crippen molar-refractivity contribution in [3.8, 4) is 5.75 Å². The van der Waals surface area contributed by atoms with Gasteiger partial charge in [-0.1, -0.05) is 47.1 Å². The molecule has 656 valence electrons. The van der Waals surface area contributed by atoms with Crippen molar-refractivity contribution in [1.82, 2.24) is 46.3 Å². The quantitative estimate of drug-likeness (QED) is 0.0154. The monoisotopic (exact) mass is 1680 g/mol. The minimum absolute atomic E-state index is 0.00441. The molecule has 2 aromatic rings. The highest BCUT2D eigenvalue weighted by atomic mass is 32.2. The Morgan fingerprint density at radius 3 is 1.76 bits per heavy atom. The first-order chi connectivity index (χ1) is 55.2. The van der Waals surface area contributed by atoms with Crippen LogP contribution < -0.4 is 31.9 Å². The van der Waals surface area contributed by atoms with E-state index in [9.17, 15) is 72.5 Å². The molecular weight excluding hydrogens is 1550 g/mol. The lowest BCUT2D eigenvalue weighted by atomic mass is 9.81. The second kappa shape index (κ2) is 57.5. The number of nitrogens with one attached hydrogen (secondary N) is 6. The van der Waals surface area contributed by atoms with Crippen LogP contribution in [-0.4, -0.2) is 282 Å². The number of benzene rings is 1. The van der Waals surface area contributed by atoms with E-state index in [1.165, 1.54) is 43.1 Å². The maximum absolute atomic E-state index is 14.5. The van der Waals surface area contributed by atoms with Crippen molar-refractivity contribution in [3.05, 3.63) is 39.8 Å². The van der Waals surface area contributed by atoms with Crippen LogP contribution in [0.5, 0.6) is 5.75 Å². The average Bonchev–Trinajstić information content (AvgIpc) is 1.83. The van der Waals surface area contributed by atoms with Gasteiger partial charge in [0.05, 0.1) is 114 Å². The van der Waals surface area contributed by atoms with Crippen molar-refractivity contribution < 1.29 is 110 Å². The number of Topliss-reactive ketones (excluding diaryl/α,β-unsaturated/α-hetero) is 2. The fourth-order valence-electron chi connectivity index (χ4n) is 12.3. The number of phenols is 1. The minimum atomic E-state index is -1.11. The first-order valence-corrected chi connectivity index (χ1v) is 42.7. The highest BCUT2D eigenvalue weighted by Crippen LogP contribution is 2.34. The number of carbonyl (C=O) groups is 13. The second-order valence-electron chi connectivity index (χ2n) is 29.9. The summed E-state index contributed by atoms with van der Waals surface area (Å²) in [5.74, 6) is -7.13. The number of amides is 9. The van der Waals surface area contributed by atoms with Crippen molar-refractivity contribution in [2.75, 3.05) is 151 Å². The second-order valence-corrected chi connectivity index (χ2v) is 31.8. The normalized spacial score (nSPS) is 14.8. The molecular formula is C81H132N10O23S2. The van der Waals surface area contributed by atoms with Crippen molar-refractivity contribution in [3.63, 3.8) is 0 Å². The predicted octanol–water partition coefficient (Wildman–Crippen LogP) is 6.39. The Labute approximate surface area is 692 Å². The lowest BCUT2D eigenvalue weighted by molar-refractivity contribution is -0.150. The van der Waals surface area contributed by atoms with E-state index in [2.05, 4.69) is 36.9 Å². The summed E-state index contributed by atoms with van der Waals surface area (Å²) >= 11 is 2.36. The third kappa shape index (κ3) is 40.7. The fourth-order valence-corrected chi connectivity index (χ4v) is 13.8. The van der Waals surface area contributed by atoms with Crippen molar-refractivity contribution in [1.29, 1.82) is 0 Å². The van der Waals surface area contributed by atoms with Crippen LogP contribution in [0, 0.1) is 23.7 Å². The van der Waals surface area contributed by atoms with Crippen LogP contribution in [0.1, 0.15) is 199 Å². The fraction of sp³-hybridized carbons (Fsp3) is 0.728. The largest absolute Gasteiger partial charge is 0.506 e. The third-order valence-corrected chi connectivity index (χ3v) is 21.9. The number of unbranched alkanes of at least 4 members (excludes halogenated alkanes) is 2. The number of thiazole rings is 1. The number of carboxylic acids is 1. The van der Waals surface area contributed by atoms with E-state index < -0.39 is 76.5 Å². The van der Waals surface area contributed by atoms with Crippen LogP contribution >= 0.6 is 23.1 Å². The summed E-state index contributed by atoms with van der Waals surface area (Å²) in [5.41, 5.74) is -0.281. The van der Waals surface area contributed by atoms with Gasteiger partial charge in [-0.2, -0.15) is 11.8 Å². The highest BCUT2D eigenvalue weighted by molar-refractivity contribution is 8.00. The molecule has 0 aliphatic carbocycles. The number of carbonyl (C=O) groups excluding carboxylic acids is 12. The Morgan fingerprint density at radius 2 is 1.22 bits per heavy atom. The summed E-state index contributed by atoms with van der Waals surface area (Å²) in [6.07, 6.45) is 3.88. The SMILES string of the molecule is CCOCCOCCNC(=O)CCOCCOCCNC(=O)CCOCCOCCOCCC(=O)NCCCC[C@H](NC(=O)CCCN1C(=O)CC(SC)C1=O)C(=O)CCCCC(=O)Nc1cc(C[C@@H](CC(C)C(=O)O)NC(=O)c2csc([C@@H](C[C@H](C(C)C)N(C)C(=O)[C@@H](CC(=O)C(C)(C)N(C)C)[C@@H](C)CC)OC(C)=O)n2)ccc1O. The zero-order valence-corrected chi connectivity index (χ0v) is 72.2. The van der Waals surface area contributed by atoms with Gasteiger partial charge in [-0.25, -0.2) is 4.98 Å². The number of esters is 1. The molecule has 3 rings (SSSR count). The van der Waals surface area contributed by atoms with E-state index in [-0.39, 0.29) is 237 Å². The van der Waals surface area contributed by atoms with E-state index >= 15 is 0 Å². The van der Waals surface area contributed by atoms with E-state index in [0.717, 1.165) is 16.2 Å². The van der Waals surface area contributed by atoms with Crippen LogP contribution in [0.25, 0.3) is 0 Å². The van der Waals surface area contributed by atoms with Gasteiger partial charge >= 0.3 is 11.9 Å². The first-order valence-electron chi connectivity index (χ1n) is 40.5. The number of likely N-dealkylation sites (tertiary alicyclic amines) is 1. The lowest BCUT2D eigenvalue weighted by Gasteiger charge is -2.38. The molecule has 1 aromatic carbocycles. The maximum atomic E-state index is 14.5. The Kier molecular flexibility index (Phi) is 50.9. The lowest BCUT2D eigenvalue weighted by Crippen LogP contribution is -2.50. The van der Waals surface area contributed by atoms with Gasteiger partial charge in [-0.3, -0.25) is 72.1 Å². The standard InChI is InChI=1S/C81H132N10O23S2/c1-14-55(5)60(50-69(95)81(8,9)89(10)11)78(103)90(12)64(54(3)4)51-67(114-57(7)92)77-88-63(53-116-77)76(102)85-59(47-56(6)80(105)106)48-58-25-26-66(94)62(49-58)87-73(99)23-17-16-22-65(93)61(86-74(100)24-20-33-91-75(101)52-68(115-13)79(91)104)21-18-19-30-82-70(96)27-34-109-42-45-113-46-43-110-36-29-72(98)84-32-38-112-44-41-108-35-28-71(97)83-31-37-111-40-39-107-15-2/h25-26,49,53-56,59-61,64,67-68,94H,14-24,27-48,50-52H2,1-13H3,(H,82,96)(H,83,97)(H,84,98)(H,85,102)(H,86,100)(H,87,99)(H,105,106)/t55-,56?,59+,60-,61-,64+,67+,68?/m0/s1. The molecule has 0 radical (unpaired) electrons. The number of phenolic OH excluding ortho intramolecular Hbond substituents is 1. The summed E-state index contributed by atoms with van der Waals surface area (Å²) in [7, 11) is 5.32. The van der Waals surface area contributed by atoms with E-state index in [1.807, 2.05) is 67.5 Å². The molecule has 0 bridgehead atoms. The summed E-state index contributed by atoms with van der Waals surface area (Å²) in [5, 5.41) is 39.0. The molecule has 1 aliphatic heterocycles. The number of carboxylic acid groups (broad SMARTS) is 1. The molecule has 8 atom stereocenters. The number of likely N-dealkylation sites (N-methyl/N-ethyl adjacent to an activating group) is 1. The Bertz CT molecular complexity index is 3380. The molecule has 1 saturated heterocycles. The maximum Gasteiger partial charge on any atom is 0.306 e. The average molecular weight is 1680 g/mol. The molecule has 1 aromatic heterocycles. The number of anilines is 1. The number of aromatic hydroxyl groups is 1. The number of hydrogen-bond donors (Lipinski definition) is 8. The Balaban J connectivity index is 1.48. The van der Waals surface area contributed by atoms with Crippen LogP contribution in [0.2, 0.25) is 0 Å². The highest BCUT2D eigenvalue weighted by Gasteiger charge is 2.41. The van der Waals surface area contributed by atoms with Crippen LogP contribution in [0.3, 0.4) is 0 Å². The number of aromatic nitrogens is 1. The molecule has 116 heavy (non-hydrogen) atoms. The number of hydrogen-bond acceptors (Lipinski definition) is 26. The third-order valence-electron chi connectivity index (χ3n) is 20.0. The molecule has 0 spiro atoms. The molecule has 0 saturated carbocycles. The Hall–Kier alpha value is -7.61. The summed E-state index contributed by atoms with van der Waals surface area (Å²) in [4.78, 5) is 179. The number of thioether (sulfide) groups is 1. The summed E-state index contributed by atoms with van der Waals surface area (Å²) in [6, 6.07) is 2.22. The van der Waals surface area contributed by atoms with Crippen molar-refractivity contribution in [2.45, 2.75) is 213 Å². The van der Waals surface area contributed by atoms with Crippen LogP contribution in [0.4, 0.5) is 5.69 Å². The molecule has 33 nitrogen and oxygen atoms in total. The topological polar surface area (TPSA) is 431 Å². The van der Waals surface area contributed by atoms with Crippen LogP contribution in [-0.2, 0) is 102 Å². The number of imide groups is 1. The number of nitrogens with zero attached hydrogens (tertiary/aromatic N) is 4. The zero-order valence-electron chi connectivity index (χ0n) is 70.5. The van der Waals surface area contributed by atoms with Gasteiger partial charge in [0.1, 0.15) is 16.5 Å². The molecule has 2 unspecified atom stereocenters. The number of ketones is 2. The molecule has 8 N–H and O–H groups in total. The summed E-state index contributed by atoms with van der Waals surface area (Å²) < 4.78 is 43.8. The smallest absolute Gasteiger partial charge is 0.306 e. The van der Waals surface area contributed by atoms with Gasteiger partial charge in [0.2, 0.25) is 47.3 Å². The number of aliphatic carboxylic acids is 1. The van der Waals surface area contributed by atoms with Crippen molar-refractivity contribution in [2.24, 2.45) is 23.7 Å². The molecule has 2 heterocycles. The number of ether oxygens (including phenoxy) is 8. The van der Waals surface area contributed by atoms with Crippen LogP contribution in [0.15, 0.2) is 23.6 Å². The van der Waals surface area contributed by atoms with Gasteiger partial charge in [0.15, 0.2) is 17.7 Å². The van der Waals surface area contributed by atoms with Gasteiger partial charge in [0, 0.05) is 128 Å². The first kappa shape index (κ1) is 103. The minimum Gasteiger partial charge on any atom is -0.506 e. The van der Waals surface area contributed by atoms with Gasteiger partial charge in [-0.05, 0) is 122 Å². The van der Waals surface area contributed by atoms with Gasteiger partial charge in [0.25, 0.3) is 5.91 Å². The van der Waals surface area contributed by atoms with E-state index in [1.54, 1.807) is 24.3 Å². The summed E-state index contributed by atoms with van der Waals surface area (Å²) in [6.45, 7) is 21.8. The zero-order chi connectivity index (χ0) is 86.1. The molecule has 1 fully saturated rings. The molecule has 9 amide bonds. The molecule has 1 aliphatic rings. The van der Waals surface area contributed by atoms with Gasteiger partial charge in [-0.15, -0.1) is 11.3 Å². The van der Waals surface area contributed by atoms with E-state index in [0.29, 0.717) is 84.2 Å². The van der Waals surface area contributed by atoms with Crippen molar-refractivity contribution >= 4 is 105 Å². The predicted molar refractivity (Wildman–Crippen MR) is 437 cm³/mol. The van der Waals surface area contributed by atoms with Gasteiger partial charge < -0.3 is 84.9 Å². The Morgan fingerprint density at radius 1 is 0.672 bits per heavy atom.